The number of benzene rings is 1. The minimum absolute atomic E-state index is 0.192. The fraction of sp³-hybridized carbons (Fsp3) is 0.600. The molecule has 1 rings (SSSR count). The molecule has 0 unspecified atom stereocenters. The summed E-state index contributed by atoms with van der Waals surface area (Å²) in [5.41, 5.74) is 0.657. The summed E-state index contributed by atoms with van der Waals surface area (Å²) in [4.78, 5) is 12.3. The van der Waals surface area contributed by atoms with Crippen LogP contribution in [0, 0.1) is 0 Å². The van der Waals surface area contributed by atoms with Crippen LogP contribution in [0.2, 0.25) is 0 Å². The number of nitrogens with one attached hydrogen (secondary N) is 3. The highest BCUT2D eigenvalue weighted by Gasteiger charge is 2.34. The van der Waals surface area contributed by atoms with Gasteiger partial charge in [0.15, 0.2) is 5.11 Å². The fourth-order valence-corrected chi connectivity index (χ4v) is 3.27. The summed E-state index contributed by atoms with van der Waals surface area (Å²) in [5.74, 6) is 0.424. The summed E-state index contributed by atoms with van der Waals surface area (Å²) in [6.07, 6.45) is 7.28. The van der Waals surface area contributed by atoms with Crippen LogP contribution in [0.1, 0.15) is 58.3 Å². The van der Waals surface area contributed by atoms with Gasteiger partial charge in [-0.1, -0.05) is 92.4 Å². The number of anilines is 1. The predicted octanol–water partition coefficient (Wildman–Crippen LogP) is 5.93. The van der Waals surface area contributed by atoms with E-state index in [0.29, 0.717) is 17.9 Å². The van der Waals surface area contributed by atoms with Gasteiger partial charge < -0.3 is 20.7 Å². The van der Waals surface area contributed by atoms with Gasteiger partial charge in [0.1, 0.15) is 11.9 Å². The Morgan fingerprint density at radius 1 is 1.07 bits per heavy atom. The van der Waals surface area contributed by atoms with E-state index in [4.69, 9.17) is 51.8 Å². The molecule has 164 valence electrons. The molecule has 1 aromatic rings. The van der Waals surface area contributed by atoms with Crippen molar-refractivity contribution in [2.75, 3.05) is 12.4 Å². The quantitative estimate of drug-likeness (QED) is 0.149. The molecule has 9 heteroatoms. The molecular formula is C20H30Cl3N3O2S. The van der Waals surface area contributed by atoms with E-state index in [-0.39, 0.29) is 11.0 Å². The van der Waals surface area contributed by atoms with Crippen LogP contribution in [0.5, 0.6) is 5.75 Å². The van der Waals surface area contributed by atoms with Gasteiger partial charge in [-0.05, 0) is 30.8 Å². The molecular weight excluding hydrogens is 453 g/mol. The smallest absolute Gasteiger partial charge is 0.228 e. The molecule has 0 aromatic heterocycles. The minimum Gasteiger partial charge on any atom is -0.495 e. The van der Waals surface area contributed by atoms with Crippen LogP contribution in [0.25, 0.3) is 0 Å². The SMILES string of the molecule is CCCCCCCCCC(=O)N[C@@H](NC(=S)Nc1ccccc1OC)C(Cl)(Cl)Cl. The lowest BCUT2D eigenvalue weighted by atomic mass is 10.1. The van der Waals surface area contributed by atoms with Crippen LogP contribution < -0.4 is 20.7 Å². The van der Waals surface area contributed by atoms with Crippen molar-refractivity contribution in [1.82, 2.24) is 10.6 Å². The van der Waals surface area contributed by atoms with Crippen molar-refractivity contribution in [3.63, 3.8) is 0 Å². The molecule has 0 saturated heterocycles. The van der Waals surface area contributed by atoms with Crippen molar-refractivity contribution in [1.29, 1.82) is 0 Å². The Morgan fingerprint density at radius 2 is 1.69 bits per heavy atom. The van der Waals surface area contributed by atoms with Gasteiger partial charge in [-0.3, -0.25) is 4.79 Å². The van der Waals surface area contributed by atoms with Gasteiger partial charge in [0.2, 0.25) is 9.70 Å². The lowest BCUT2D eigenvalue weighted by Gasteiger charge is -2.28. The number of alkyl halides is 3. The van der Waals surface area contributed by atoms with E-state index in [1.165, 1.54) is 25.7 Å². The van der Waals surface area contributed by atoms with Crippen molar-refractivity contribution in [2.45, 2.75) is 68.2 Å². The Bertz CT molecular complexity index is 642. The summed E-state index contributed by atoms with van der Waals surface area (Å²) in [5, 5.41) is 8.74. The molecule has 0 bridgehead atoms. The van der Waals surface area contributed by atoms with E-state index in [0.717, 1.165) is 19.3 Å². The molecule has 5 nitrogen and oxygen atoms in total. The standard InChI is InChI=1S/C20H30Cl3N3O2S/c1-3-4-5-6-7-8-9-14-17(27)25-18(20(21,22)23)26-19(29)24-15-12-10-11-13-16(15)28-2/h10-13,18H,3-9,14H2,1-2H3,(H,25,27)(H2,24,26,29)/t18-/m0/s1. The summed E-state index contributed by atoms with van der Waals surface area (Å²) in [7, 11) is 1.56. The molecule has 0 aliphatic rings. The molecule has 0 saturated carbocycles. The number of thiocarbonyl (C=S) groups is 1. The van der Waals surface area contributed by atoms with Crippen LogP contribution in [-0.4, -0.2) is 28.1 Å². The second kappa shape index (κ2) is 14.1. The normalized spacial score (nSPS) is 12.2. The van der Waals surface area contributed by atoms with Crippen molar-refractivity contribution in [3.05, 3.63) is 24.3 Å². The van der Waals surface area contributed by atoms with Crippen LogP contribution in [-0.2, 0) is 4.79 Å². The number of amides is 1. The van der Waals surface area contributed by atoms with E-state index in [2.05, 4.69) is 22.9 Å². The van der Waals surface area contributed by atoms with Gasteiger partial charge in [0, 0.05) is 6.42 Å². The third-order valence-corrected chi connectivity index (χ3v) is 5.15. The highest BCUT2D eigenvalue weighted by molar-refractivity contribution is 7.80. The summed E-state index contributed by atoms with van der Waals surface area (Å²) in [6.45, 7) is 2.19. The number of hydrogen-bond donors (Lipinski definition) is 3. The van der Waals surface area contributed by atoms with Gasteiger partial charge in [-0.2, -0.15) is 0 Å². The average molecular weight is 483 g/mol. The Kier molecular flexibility index (Phi) is 12.7. The first kappa shape index (κ1) is 26.1. The number of methoxy groups -OCH3 is 1. The van der Waals surface area contributed by atoms with Crippen molar-refractivity contribution in [3.8, 4) is 5.75 Å². The van der Waals surface area contributed by atoms with Gasteiger partial charge in [-0.15, -0.1) is 0 Å². The van der Waals surface area contributed by atoms with E-state index in [1.807, 2.05) is 12.1 Å². The summed E-state index contributed by atoms with van der Waals surface area (Å²) >= 11 is 23.4. The zero-order chi connectivity index (χ0) is 21.7. The van der Waals surface area contributed by atoms with Crippen molar-refractivity contribution >= 4 is 63.7 Å². The second-order valence-corrected chi connectivity index (χ2v) is 9.49. The maximum atomic E-state index is 12.3. The topological polar surface area (TPSA) is 62.4 Å². The van der Waals surface area contributed by atoms with Crippen LogP contribution in [0.4, 0.5) is 5.69 Å². The van der Waals surface area contributed by atoms with Gasteiger partial charge >= 0.3 is 0 Å². The molecule has 0 heterocycles. The zero-order valence-corrected chi connectivity index (χ0v) is 20.0. The fourth-order valence-electron chi connectivity index (χ4n) is 2.71. The highest BCUT2D eigenvalue weighted by Crippen LogP contribution is 2.29. The first-order valence-corrected chi connectivity index (χ1v) is 11.4. The number of carbonyl (C=O) groups is 1. The number of unbranched alkanes of at least 4 members (excludes halogenated alkanes) is 6. The van der Waals surface area contributed by atoms with Crippen LogP contribution >= 0.6 is 47.0 Å². The molecule has 0 aliphatic carbocycles. The molecule has 0 radical (unpaired) electrons. The third-order valence-electron chi connectivity index (χ3n) is 4.27. The first-order valence-electron chi connectivity index (χ1n) is 9.84. The Labute approximate surface area is 194 Å². The first-order chi connectivity index (χ1) is 13.8. The number of ether oxygens (including phenoxy) is 1. The lowest BCUT2D eigenvalue weighted by Crippen LogP contribution is -2.56. The van der Waals surface area contributed by atoms with Gasteiger partial charge in [-0.25, -0.2) is 0 Å². The van der Waals surface area contributed by atoms with Gasteiger partial charge in [0.25, 0.3) is 0 Å². The highest BCUT2D eigenvalue weighted by atomic mass is 35.6. The molecule has 1 atom stereocenters. The number of rotatable bonds is 12. The Balaban J connectivity index is 2.49. The minimum atomic E-state index is -1.78. The number of carbonyl (C=O) groups excluding carboxylic acids is 1. The summed E-state index contributed by atoms with van der Waals surface area (Å²) < 4.78 is 3.50. The monoisotopic (exact) mass is 481 g/mol. The number of hydrogen-bond acceptors (Lipinski definition) is 3. The van der Waals surface area contributed by atoms with E-state index in [1.54, 1.807) is 19.2 Å². The molecule has 1 aromatic carbocycles. The molecule has 1 amide bonds. The maximum absolute atomic E-state index is 12.3. The maximum Gasteiger partial charge on any atom is 0.228 e. The Morgan fingerprint density at radius 3 is 2.31 bits per heavy atom. The summed E-state index contributed by atoms with van der Waals surface area (Å²) in [6, 6.07) is 7.27. The van der Waals surface area contributed by atoms with E-state index < -0.39 is 9.96 Å². The van der Waals surface area contributed by atoms with Crippen molar-refractivity contribution < 1.29 is 9.53 Å². The molecule has 0 aliphatic heterocycles. The van der Waals surface area contributed by atoms with Crippen LogP contribution in [0.15, 0.2) is 24.3 Å². The molecule has 29 heavy (non-hydrogen) atoms. The van der Waals surface area contributed by atoms with E-state index >= 15 is 0 Å². The predicted molar refractivity (Wildman–Crippen MR) is 127 cm³/mol. The number of para-hydroxylation sites is 2. The molecule has 0 spiro atoms. The van der Waals surface area contributed by atoms with E-state index in [9.17, 15) is 4.79 Å². The third kappa shape index (κ3) is 11.1. The van der Waals surface area contributed by atoms with Crippen molar-refractivity contribution in [2.24, 2.45) is 0 Å². The Hall–Kier alpha value is -0.950. The largest absolute Gasteiger partial charge is 0.495 e. The van der Waals surface area contributed by atoms with Gasteiger partial charge in [0.05, 0.1) is 12.8 Å². The zero-order valence-electron chi connectivity index (χ0n) is 16.9. The molecule has 0 fully saturated rings. The van der Waals surface area contributed by atoms with Crippen LogP contribution in [0.3, 0.4) is 0 Å². The molecule has 3 N–H and O–H groups in total. The number of halogens is 3. The average Bonchev–Trinajstić information content (AvgIpc) is 2.66. The second-order valence-electron chi connectivity index (χ2n) is 6.71. The lowest BCUT2D eigenvalue weighted by molar-refractivity contribution is -0.122.